The van der Waals surface area contributed by atoms with Crippen molar-refractivity contribution in [2.75, 3.05) is 23.2 Å². The Hall–Kier alpha value is -4.04. The second-order valence-corrected chi connectivity index (χ2v) is 8.67. The summed E-state index contributed by atoms with van der Waals surface area (Å²) in [7, 11) is 0. The number of aromatic hydroxyl groups is 1. The van der Waals surface area contributed by atoms with E-state index in [0.717, 1.165) is 6.42 Å². The van der Waals surface area contributed by atoms with E-state index in [1.165, 1.54) is 11.0 Å². The summed E-state index contributed by atoms with van der Waals surface area (Å²) in [5, 5.41) is 11.8. The maximum absolute atomic E-state index is 13.8. The molecule has 2 aliphatic rings. The van der Waals surface area contributed by atoms with Gasteiger partial charge in [-0.2, -0.15) is 0 Å². The maximum atomic E-state index is 13.8. The minimum absolute atomic E-state index is 0.00293. The number of benzene rings is 3. The number of nitrogens with zero attached hydrogens (tertiary/aromatic N) is 2. The maximum Gasteiger partial charge on any atom is 0.266 e. The third-order valence-electron chi connectivity index (χ3n) is 6.32. The zero-order valence-corrected chi connectivity index (χ0v) is 20.2. The van der Waals surface area contributed by atoms with E-state index < -0.39 is 24.0 Å². The van der Waals surface area contributed by atoms with Gasteiger partial charge in [0.15, 0.2) is 17.6 Å². The van der Waals surface area contributed by atoms with Gasteiger partial charge < -0.3 is 14.6 Å². The molecule has 0 saturated carbocycles. The van der Waals surface area contributed by atoms with Crippen molar-refractivity contribution >= 4 is 23.2 Å². The molecule has 0 unspecified atom stereocenters. The van der Waals surface area contributed by atoms with E-state index in [1.54, 1.807) is 41.5 Å². The van der Waals surface area contributed by atoms with Crippen molar-refractivity contribution < 1.29 is 29.0 Å². The molecule has 0 aromatic heterocycles. The first-order valence-electron chi connectivity index (χ1n) is 12.1. The number of hydrogen-bond acceptors (Lipinski definition) is 7. The van der Waals surface area contributed by atoms with Crippen LogP contribution in [0.25, 0.3) is 0 Å². The van der Waals surface area contributed by atoms with Crippen molar-refractivity contribution in [2.24, 2.45) is 5.92 Å². The van der Waals surface area contributed by atoms with Crippen molar-refractivity contribution in [1.82, 2.24) is 0 Å². The highest BCUT2D eigenvalue weighted by atomic mass is 16.7. The van der Waals surface area contributed by atoms with Gasteiger partial charge in [0.2, 0.25) is 5.91 Å². The highest BCUT2D eigenvalue weighted by Crippen LogP contribution is 2.48. The Morgan fingerprint density at radius 2 is 1.64 bits per heavy atom. The Bertz CT molecular complexity index is 1250. The number of fused-ring (bicyclic) bond motifs is 1. The lowest BCUT2D eigenvalue weighted by atomic mass is 9.90. The second-order valence-electron chi connectivity index (χ2n) is 8.67. The molecule has 186 valence electrons. The molecule has 8 heteroatoms. The lowest BCUT2D eigenvalue weighted by Gasteiger charge is -2.29. The summed E-state index contributed by atoms with van der Waals surface area (Å²) in [5.74, 6) is -0.559. The zero-order valence-electron chi connectivity index (χ0n) is 20.2. The van der Waals surface area contributed by atoms with Crippen LogP contribution in [0.2, 0.25) is 0 Å². The first kappa shape index (κ1) is 23.7. The van der Waals surface area contributed by atoms with Gasteiger partial charge in [-0.1, -0.05) is 31.2 Å². The summed E-state index contributed by atoms with van der Waals surface area (Å²) in [4.78, 5) is 34.6. The summed E-state index contributed by atoms with van der Waals surface area (Å²) < 4.78 is 11.2. The van der Waals surface area contributed by atoms with Gasteiger partial charge >= 0.3 is 0 Å². The predicted molar refractivity (Wildman–Crippen MR) is 134 cm³/mol. The first-order valence-corrected chi connectivity index (χ1v) is 12.1. The molecule has 3 aromatic carbocycles. The van der Waals surface area contributed by atoms with Crippen LogP contribution in [0.4, 0.5) is 11.4 Å². The monoisotopic (exact) mass is 488 g/mol. The highest BCUT2D eigenvalue weighted by molar-refractivity contribution is 6.23. The quantitative estimate of drug-likeness (QED) is 0.463. The molecular formula is C28H28N2O6. The van der Waals surface area contributed by atoms with E-state index in [0.29, 0.717) is 41.7 Å². The van der Waals surface area contributed by atoms with Gasteiger partial charge in [-0.25, -0.2) is 9.96 Å². The molecule has 3 aromatic rings. The van der Waals surface area contributed by atoms with E-state index in [1.807, 2.05) is 44.2 Å². The largest absolute Gasteiger partial charge is 0.504 e. The summed E-state index contributed by atoms with van der Waals surface area (Å²) >= 11 is 0. The molecule has 36 heavy (non-hydrogen) atoms. The Balaban J connectivity index is 1.52. The molecule has 2 fully saturated rings. The third-order valence-corrected chi connectivity index (χ3v) is 6.32. The smallest absolute Gasteiger partial charge is 0.266 e. The van der Waals surface area contributed by atoms with Crippen LogP contribution >= 0.6 is 0 Å². The SMILES string of the molecule is CCCOc1ccc(N2C(=O)[C@@H]3[C@@H](c4ccc(O)c(OCC)c4)N(c4ccccc4)O[C@H]3C2=O)cc1. The molecule has 8 nitrogen and oxygen atoms in total. The fraction of sp³-hybridized carbons (Fsp3) is 0.286. The minimum atomic E-state index is -0.983. The van der Waals surface area contributed by atoms with Crippen LogP contribution in [0.3, 0.4) is 0 Å². The second kappa shape index (κ2) is 9.91. The van der Waals surface area contributed by atoms with Gasteiger partial charge in [0.1, 0.15) is 11.7 Å². The molecule has 2 aliphatic heterocycles. The molecule has 3 atom stereocenters. The van der Waals surface area contributed by atoms with Crippen molar-refractivity contribution in [3.05, 3.63) is 78.4 Å². The lowest BCUT2D eigenvalue weighted by Crippen LogP contribution is -2.37. The molecule has 2 heterocycles. The van der Waals surface area contributed by atoms with Crippen LogP contribution in [0.5, 0.6) is 17.2 Å². The average Bonchev–Trinajstić information content (AvgIpc) is 3.41. The molecule has 0 radical (unpaired) electrons. The fourth-order valence-electron chi connectivity index (χ4n) is 4.70. The molecule has 2 saturated heterocycles. The molecule has 0 aliphatic carbocycles. The zero-order chi connectivity index (χ0) is 25.2. The number of amides is 2. The van der Waals surface area contributed by atoms with Crippen LogP contribution in [0, 0.1) is 5.92 Å². The Labute approximate surface area is 209 Å². The lowest BCUT2D eigenvalue weighted by molar-refractivity contribution is -0.126. The van der Waals surface area contributed by atoms with Gasteiger partial charge in [0, 0.05) is 0 Å². The number of ether oxygens (including phenoxy) is 2. The van der Waals surface area contributed by atoms with E-state index in [4.69, 9.17) is 14.3 Å². The van der Waals surface area contributed by atoms with Crippen molar-refractivity contribution in [3.63, 3.8) is 0 Å². The van der Waals surface area contributed by atoms with Gasteiger partial charge in [-0.3, -0.25) is 14.4 Å². The first-order chi connectivity index (χ1) is 17.5. The number of hydroxylamine groups is 1. The molecule has 5 rings (SSSR count). The van der Waals surface area contributed by atoms with E-state index in [9.17, 15) is 14.7 Å². The van der Waals surface area contributed by atoms with Crippen LogP contribution in [-0.4, -0.2) is 36.2 Å². The van der Waals surface area contributed by atoms with Crippen LogP contribution < -0.4 is 19.4 Å². The molecule has 0 spiro atoms. The average molecular weight is 489 g/mol. The topological polar surface area (TPSA) is 88.5 Å². The number of carbonyl (C=O) groups excluding carboxylic acids is 2. The van der Waals surface area contributed by atoms with Crippen molar-refractivity contribution in [2.45, 2.75) is 32.4 Å². The van der Waals surface area contributed by atoms with E-state index >= 15 is 0 Å². The standard InChI is InChI=1S/C28H28N2O6/c1-3-16-35-21-13-11-19(12-14-21)29-27(32)24-25(18-10-15-22(31)23(17-18)34-4-2)30(36-26(24)28(29)33)20-8-6-5-7-9-20/h5-15,17,24-26,31H,3-4,16H2,1-2H3/t24-,25-,26-/m1/s1. The highest BCUT2D eigenvalue weighted by Gasteiger charge is 2.60. The molecule has 2 amide bonds. The van der Waals surface area contributed by atoms with Crippen molar-refractivity contribution in [3.8, 4) is 17.2 Å². The van der Waals surface area contributed by atoms with Crippen LogP contribution in [0.1, 0.15) is 31.9 Å². The normalized spacial score (nSPS) is 21.1. The fourth-order valence-corrected chi connectivity index (χ4v) is 4.70. The Kier molecular flexibility index (Phi) is 6.52. The summed E-state index contributed by atoms with van der Waals surface area (Å²) in [6, 6.07) is 20.6. The van der Waals surface area contributed by atoms with E-state index in [2.05, 4.69) is 0 Å². The number of hydrogen-bond donors (Lipinski definition) is 1. The van der Waals surface area contributed by atoms with Gasteiger partial charge in [0.05, 0.1) is 30.6 Å². The number of imide groups is 1. The summed E-state index contributed by atoms with van der Waals surface area (Å²) in [6.45, 7) is 4.81. The summed E-state index contributed by atoms with van der Waals surface area (Å²) in [6.07, 6.45) is -0.101. The van der Waals surface area contributed by atoms with Crippen molar-refractivity contribution in [1.29, 1.82) is 0 Å². The third kappa shape index (κ3) is 4.13. The van der Waals surface area contributed by atoms with Gasteiger partial charge in [-0.15, -0.1) is 0 Å². The van der Waals surface area contributed by atoms with Crippen LogP contribution in [0.15, 0.2) is 72.8 Å². The number of phenolic OH excluding ortho intramolecular Hbond substituents is 1. The number of carbonyl (C=O) groups is 2. The van der Waals surface area contributed by atoms with Gasteiger partial charge in [0.25, 0.3) is 5.91 Å². The molecule has 0 bridgehead atoms. The number of rotatable bonds is 8. The number of anilines is 2. The number of phenols is 1. The van der Waals surface area contributed by atoms with E-state index in [-0.39, 0.29) is 11.7 Å². The molecular weight excluding hydrogens is 460 g/mol. The van der Waals surface area contributed by atoms with Crippen LogP contribution in [-0.2, 0) is 14.4 Å². The predicted octanol–water partition coefficient (Wildman–Crippen LogP) is 4.63. The Morgan fingerprint density at radius 3 is 2.33 bits per heavy atom. The Morgan fingerprint density at radius 1 is 0.889 bits per heavy atom. The molecule has 1 N–H and O–H groups in total. The summed E-state index contributed by atoms with van der Waals surface area (Å²) in [5.41, 5.74) is 1.88. The minimum Gasteiger partial charge on any atom is -0.504 e. The van der Waals surface area contributed by atoms with Gasteiger partial charge in [-0.05, 0) is 67.4 Å². The number of para-hydroxylation sites is 1.